The molecular formula is C26H31N5O2S2. The second-order valence-electron chi connectivity index (χ2n) is 9.74. The molecule has 3 aromatic rings. The molecule has 1 amide bonds. The number of thioether (sulfide) groups is 1. The second kappa shape index (κ2) is 10.8. The maximum atomic E-state index is 12.6. The molecule has 0 bridgehead atoms. The van der Waals surface area contributed by atoms with Gasteiger partial charge in [0.25, 0.3) is 0 Å². The van der Waals surface area contributed by atoms with Crippen LogP contribution in [0.3, 0.4) is 0 Å². The second-order valence-corrected chi connectivity index (χ2v) is 11.8. The van der Waals surface area contributed by atoms with Crippen LogP contribution in [0.2, 0.25) is 0 Å². The largest absolute Gasteiger partial charge is 0.486 e. The first-order chi connectivity index (χ1) is 16.8. The van der Waals surface area contributed by atoms with Crippen molar-refractivity contribution in [1.29, 1.82) is 5.26 Å². The Morgan fingerprint density at radius 3 is 2.66 bits per heavy atom. The van der Waals surface area contributed by atoms with Crippen LogP contribution in [0.15, 0.2) is 29.4 Å². The first-order valence-corrected chi connectivity index (χ1v) is 13.7. The monoisotopic (exact) mass is 509 g/mol. The Balaban J connectivity index is 1.32. The summed E-state index contributed by atoms with van der Waals surface area (Å²) in [6.45, 7) is 6.83. The zero-order chi connectivity index (χ0) is 25.0. The number of amides is 1. The molecule has 0 fully saturated rings. The van der Waals surface area contributed by atoms with E-state index in [2.05, 4.69) is 54.5 Å². The number of nitrogens with one attached hydrogen (secondary N) is 1. The van der Waals surface area contributed by atoms with Gasteiger partial charge in [-0.05, 0) is 54.4 Å². The molecule has 0 unspecified atom stereocenters. The molecule has 35 heavy (non-hydrogen) atoms. The first-order valence-electron chi connectivity index (χ1n) is 11.8. The normalized spacial score (nSPS) is 13.6. The van der Waals surface area contributed by atoms with Gasteiger partial charge in [0.2, 0.25) is 5.91 Å². The van der Waals surface area contributed by atoms with Crippen LogP contribution in [0.25, 0.3) is 0 Å². The molecular weight excluding hydrogens is 478 g/mol. The molecule has 0 radical (unpaired) electrons. The Bertz CT molecular complexity index is 1230. The number of nitrogens with zero attached hydrogens (tertiary/aromatic N) is 4. The van der Waals surface area contributed by atoms with Gasteiger partial charge in [-0.25, -0.2) is 0 Å². The van der Waals surface area contributed by atoms with E-state index in [-0.39, 0.29) is 23.7 Å². The summed E-state index contributed by atoms with van der Waals surface area (Å²) in [4.78, 5) is 13.9. The van der Waals surface area contributed by atoms with Crippen molar-refractivity contribution in [2.45, 2.75) is 70.1 Å². The first kappa shape index (κ1) is 25.3. The minimum absolute atomic E-state index is 0.0962. The number of ether oxygens (including phenoxy) is 1. The molecule has 2 aromatic heterocycles. The zero-order valence-electron chi connectivity index (χ0n) is 20.7. The number of rotatable bonds is 7. The third-order valence-electron chi connectivity index (χ3n) is 6.13. The van der Waals surface area contributed by atoms with E-state index < -0.39 is 0 Å². The van der Waals surface area contributed by atoms with Gasteiger partial charge >= 0.3 is 0 Å². The lowest BCUT2D eigenvalue weighted by atomic mass is 9.87. The van der Waals surface area contributed by atoms with Gasteiger partial charge in [0.1, 0.15) is 23.4 Å². The van der Waals surface area contributed by atoms with E-state index in [1.807, 2.05) is 23.7 Å². The molecule has 7 nitrogen and oxygen atoms in total. The Kier molecular flexibility index (Phi) is 7.82. The Labute approximate surface area is 214 Å². The van der Waals surface area contributed by atoms with Crippen LogP contribution >= 0.6 is 23.1 Å². The van der Waals surface area contributed by atoms with Gasteiger partial charge in [0, 0.05) is 11.9 Å². The summed E-state index contributed by atoms with van der Waals surface area (Å²) >= 11 is 2.87. The van der Waals surface area contributed by atoms with Gasteiger partial charge in [-0.2, -0.15) is 5.26 Å². The average Bonchev–Trinajstić information content (AvgIpc) is 3.24. The van der Waals surface area contributed by atoms with Crippen molar-refractivity contribution in [3.8, 4) is 11.8 Å². The molecule has 1 N–H and O–H groups in total. The lowest BCUT2D eigenvalue weighted by molar-refractivity contribution is -0.113. The number of hydrogen-bond donors (Lipinski definition) is 1. The van der Waals surface area contributed by atoms with Crippen molar-refractivity contribution in [2.24, 2.45) is 7.05 Å². The number of aryl methyl sites for hydroxylation is 1. The van der Waals surface area contributed by atoms with Crippen LogP contribution in [0, 0.1) is 11.3 Å². The molecule has 1 aromatic carbocycles. The summed E-state index contributed by atoms with van der Waals surface area (Å²) in [5.41, 5.74) is 3.11. The van der Waals surface area contributed by atoms with E-state index in [1.54, 1.807) is 11.3 Å². The number of carbonyl (C=O) groups is 1. The van der Waals surface area contributed by atoms with Crippen molar-refractivity contribution >= 4 is 34.0 Å². The van der Waals surface area contributed by atoms with Crippen molar-refractivity contribution in [1.82, 2.24) is 14.8 Å². The van der Waals surface area contributed by atoms with Crippen molar-refractivity contribution < 1.29 is 9.53 Å². The average molecular weight is 510 g/mol. The Morgan fingerprint density at radius 2 is 1.94 bits per heavy atom. The highest BCUT2D eigenvalue weighted by molar-refractivity contribution is 7.99. The predicted molar refractivity (Wildman–Crippen MR) is 140 cm³/mol. The van der Waals surface area contributed by atoms with Crippen LogP contribution < -0.4 is 10.1 Å². The van der Waals surface area contributed by atoms with E-state index in [4.69, 9.17) is 4.74 Å². The number of carbonyl (C=O) groups excluding carboxylic acids is 1. The summed E-state index contributed by atoms with van der Waals surface area (Å²) in [6, 6.07) is 10.4. The molecule has 0 spiro atoms. The molecule has 0 saturated heterocycles. The van der Waals surface area contributed by atoms with Crippen LogP contribution in [-0.2, 0) is 36.7 Å². The zero-order valence-corrected chi connectivity index (χ0v) is 22.3. The topological polar surface area (TPSA) is 92.8 Å². The quantitative estimate of drug-likeness (QED) is 0.328. The van der Waals surface area contributed by atoms with Crippen LogP contribution in [0.5, 0.6) is 5.75 Å². The fourth-order valence-corrected chi connectivity index (χ4v) is 6.02. The van der Waals surface area contributed by atoms with E-state index in [0.29, 0.717) is 21.5 Å². The molecule has 2 heterocycles. The lowest BCUT2D eigenvalue weighted by Crippen LogP contribution is -2.14. The summed E-state index contributed by atoms with van der Waals surface area (Å²) in [6.07, 6.45) is 5.34. The van der Waals surface area contributed by atoms with Crippen molar-refractivity contribution in [3.05, 3.63) is 51.7 Å². The van der Waals surface area contributed by atoms with Gasteiger partial charge in [0.15, 0.2) is 11.0 Å². The van der Waals surface area contributed by atoms with Crippen molar-refractivity contribution in [3.63, 3.8) is 0 Å². The van der Waals surface area contributed by atoms with Crippen LogP contribution in [-0.4, -0.2) is 26.4 Å². The third-order valence-corrected chi connectivity index (χ3v) is 8.36. The van der Waals surface area contributed by atoms with Gasteiger partial charge in [-0.15, -0.1) is 21.5 Å². The number of thiophene rings is 1. The van der Waals surface area contributed by atoms with Gasteiger partial charge in [-0.1, -0.05) is 51.1 Å². The number of aromatic nitrogens is 3. The van der Waals surface area contributed by atoms with E-state index in [1.165, 1.54) is 28.6 Å². The van der Waals surface area contributed by atoms with Gasteiger partial charge in [-0.3, -0.25) is 4.79 Å². The minimum atomic E-state index is -0.150. The lowest BCUT2D eigenvalue weighted by Gasteiger charge is -2.19. The fourth-order valence-electron chi connectivity index (χ4n) is 4.04. The summed E-state index contributed by atoms with van der Waals surface area (Å²) in [7, 11) is 1.87. The fraction of sp³-hybridized carbons (Fsp3) is 0.462. The number of anilines is 1. The SMILES string of the molecule is Cn1c(COc2ccc(C(C)(C)C)cc2)nnc1SCC(=O)Nc1sc2c(c1C#N)CCCCC2. The number of hydrogen-bond acceptors (Lipinski definition) is 7. The van der Waals surface area contributed by atoms with E-state index in [9.17, 15) is 10.1 Å². The minimum Gasteiger partial charge on any atom is -0.486 e. The van der Waals surface area contributed by atoms with E-state index in [0.717, 1.165) is 37.0 Å². The third kappa shape index (κ3) is 6.06. The number of nitriles is 1. The molecule has 9 heteroatoms. The molecule has 4 rings (SSSR count). The maximum absolute atomic E-state index is 12.6. The summed E-state index contributed by atoms with van der Waals surface area (Å²) in [5, 5.41) is 22.4. The summed E-state index contributed by atoms with van der Waals surface area (Å²) < 4.78 is 7.73. The highest BCUT2D eigenvalue weighted by Crippen LogP contribution is 2.37. The molecule has 0 atom stereocenters. The molecule has 184 valence electrons. The highest BCUT2D eigenvalue weighted by atomic mass is 32.2. The van der Waals surface area contributed by atoms with Gasteiger partial charge < -0.3 is 14.6 Å². The number of benzene rings is 1. The standard InChI is InChI=1S/C26H31N5O2S2/c1-26(2,3)17-10-12-18(13-11-17)33-15-22-29-30-25(31(22)4)34-16-23(32)28-24-20(14-27)19-8-6-5-7-9-21(19)35-24/h10-13H,5-9,15-16H2,1-4H3,(H,28,32). The maximum Gasteiger partial charge on any atom is 0.235 e. The smallest absolute Gasteiger partial charge is 0.235 e. The van der Waals surface area contributed by atoms with E-state index >= 15 is 0 Å². The Morgan fingerprint density at radius 1 is 1.20 bits per heavy atom. The van der Waals surface area contributed by atoms with Crippen LogP contribution in [0.1, 0.15) is 67.4 Å². The van der Waals surface area contributed by atoms with Crippen molar-refractivity contribution in [2.75, 3.05) is 11.1 Å². The Hall–Kier alpha value is -2.83. The van der Waals surface area contributed by atoms with Crippen LogP contribution in [0.4, 0.5) is 5.00 Å². The highest BCUT2D eigenvalue weighted by Gasteiger charge is 2.21. The predicted octanol–water partition coefficient (Wildman–Crippen LogP) is 5.62. The van der Waals surface area contributed by atoms with Gasteiger partial charge in [0.05, 0.1) is 11.3 Å². The molecule has 1 aliphatic rings. The molecule has 0 aliphatic heterocycles. The number of fused-ring (bicyclic) bond motifs is 1. The summed E-state index contributed by atoms with van der Waals surface area (Å²) in [5.74, 6) is 1.50. The molecule has 0 saturated carbocycles. The molecule has 1 aliphatic carbocycles.